The van der Waals surface area contributed by atoms with E-state index in [4.69, 9.17) is 5.73 Å². The largest absolute Gasteiger partial charge is 0.370 e. The Kier molecular flexibility index (Phi) is 4.12. The van der Waals surface area contributed by atoms with E-state index in [2.05, 4.69) is 15.4 Å². The lowest BCUT2D eigenvalue weighted by molar-refractivity contribution is 0.627. The lowest BCUT2D eigenvalue weighted by Gasteiger charge is -2.03. The van der Waals surface area contributed by atoms with Crippen molar-refractivity contribution >= 4 is 5.96 Å². The summed E-state index contributed by atoms with van der Waals surface area (Å²) in [4.78, 5) is 3.80. The summed E-state index contributed by atoms with van der Waals surface area (Å²) >= 11 is 0. The second-order valence-corrected chi connectivity index (χ2v) is 4.01. The molecule has 0 bridgehead atoms. The molecule has 5 nitrogen and oxygen atoms in total. The molecule has 0 atom stereocenters. The lowest BCUT2D eigenvalue weighted by Crippen LogP contribution is -2.32. The first kappa shape index (κ1) is 13.1. The third kappa shape index (κ3) is 3.54. The van der Waals surface area contributed by atoms with Crippen LogP contribution in [-0.4, -0.2) is 29.3 Å². The summed E-state index contributed by atoms with van der Waals surface area (Å²) in [5, 5.41) is 7.37. The number of aromatic nitrogens is 2. The van der Waals surface area contributed by atoms with Gasteiger partial charge in [0.05, 0.1) is 11.4 Å². The number of benzene rings is 1. The van der Waals surface area contributed by atoms with Gasteiger partial charge in [0.25, 0.3) is 0 Å². The van der Waals surface area contributed by atoms with Crippen molar-refractivity contribution in [3.63, 3.8) is 0 Å². The Labute approximate surface area is 111 Å². The molecule has 1 aromatic carbocycles. The highest BCUT2D eigenvalue weighted by Gasteiger charge is 2.01. The van der Waals surface area contributed by atoms with Crippen molar-refractivity contribution in [3.05, 3.63) is 48.0 Å². The Balaban J connectivity index is 1.97. The maximum atomic E-state index is 12.8. The molecule has 0 aliphatic heterocycles. The highest BCUT2D eigenvalue weighted by Crippen LogP contribution is 2.08. The molecule has 100 valence electrons. The van der Waals surface area contributed by atoms with Crippen molar-refractivity contribution in [1.82, 2.24) is 15.1 Å². The maximum Gasteiger partial charge on any atom is 0.188 e. The van der Waals surface area contributed by atoms with E-state index in [1.165, 1.54) is 12.1 Å². The number of nitrogens with one attached hydrogen (secondary N) is 1. The third-order valence-electron chi connectivity index (χ3n) is 2.66. The maximum absolute atomic E-state index is 12.8. The number of aliphatic imine (C=N–C) groups is 1. The van der Waals surface area contributed by atoms with Crippen LogP contribution in [0.5, 0.6) is 0 Å². The van der Waals surface area contributed by atoms with Crippen molar-refractivity contribution in [3.8, 4) is 5.69 Å². The fraction of sp³-hybridized carbons (Fsp3) is 0.231. The van der Waals surface area contributed by atoms with Crippen molar-refractivity contribution in [2.75, 3.05) is 13.6 Å². The molecule has 0 aliphatic carbocycles. The zero-order valence-corrected chi connectivity index (χ0v) is 10.7. The fourth-order valence-electron chi connectivity index (χ4n) is 1.63. The van der Waals surface area contributed by atoms with Gasteiger partial charge >= 0.3 is 0 Å². The van der Waals surface area contributed by atoms with Gasteiger partial charge in [-0.15, -0.1) is 0 Å². The SMILES string of the molecule is CN=C(N)NCCc1ccn(-c2ccc(F)cc2)n1. The summed E-state index contributed by atoms with van der Waals surface area (Å²) in [6.45, 7) is 0.670. The molecule has 1 aromatic heterocycles. The van der Waals surface area contributed by atoms with Crippen LogP contribution in [0.1, 0.15) is 5.69 Å². The molecule has 0 amide bonds. The van der Waals surface area contributed by atoms with Gasteiger partial charge in [0, 0.05) is 26.2 Å². The minimum absolute atomic E-state index is 0.255. The number of hydrogen-bond donors (Lipinski definition) is 2. The van der Waals surface area contributed by atoms with E-state index in [0.717, 1.165) is 17.8 Å². The molecule has 3 N–H and O–H groups in total. The standard InChI is InChI=1S/C13H16FN5/c1-16-13(15)17-8-6-11-7-9-19(18-11)12-4-2-10(14)3-5-12/h2-5,7,9H,6,8H2,1H3,(H3,15,16,17). The molecule has 2 rings (SSSR count). The number of rotatable bonds is 4. The predicted molar refractivity (Wildman–Crippen MR) is 72.8 cm³/mol. The molecule has 19 heavy (non-hydrogen) atoms. The minimum Gasteiger partial charge on any atom is -0.370 e. The zero-order valence-electron chi connectivity index (χ0n) is 10.7. The number of halogens is 1. The summed E-state index contributed by atoms with van der Waals surface area (Å²) in [5.74, 6) is 0.160. The van der Waals surface area contributed by atoms with Gasteiger partial charge in [-0.25, -0.2) is 9.07 Å². The average Bonchev–Trinajstić information content (AvgIpc) is 2.88. The first-order valence-corrected chi connectivity index (χ1v) is 5.95. The highest BCUT2D eigenvalue weighted by atomic mass is 19.1. The molecule has 0 radical (unpaired) electrons. The Morgan fingerprint density at radius 2 is 2.11 bits per heavy atom. The van der Waals surface area contributed by atoms with Gasteiger partial charge in [0.1, 0.15) is 5.82 Å². The van der Waals surface area contributed by atoms with Crippen LogP contribution in [-0.2, 0) is 6.42 Å². The van der Waals surface area contributed by atoms with Crippen molar-refractivity contribution in [2.24, 2.45) is 10.7 Å². The first-order chi connectivity index (χ1) is 9.19. The Hall–Kier alpha value is -2.37. The second kappa shape index (κ2) is 5.99. The summed E-state index contributed by atoms with van der Waals surface area (Å²) in [7, 11) is 1.63. The van der Waals surface area contributed by atoms with Crippen LogP contribution in [0.2, 0.25) is 0 Å². The summed E-state index contributed by atoms with van der Waals surface area (Å²) in [6, 6.07) is 8.12. The van der Waals surface area contributed by atoms with E-state index in [0.29, 0.717) is 12.5 Å². The fourth-order valence-corrected chi connectivity index (χ4v) is 1.63. The van der Waals surface area contributed by atoms with Crippen molar-refractivity contribution in [2.45, 2.75) is 6.42 Å². The predicted octanol–water partition coefficient (Wildman–Crippen LogP) is 1.09. The molecule has 0 saturated heterocycles. The van der Waals surface area contributed by atoms with Crippen LogP contribution in [0.3, 0.4) is 0 Å². The van der Waals surface area contributed by atoms with E-state index in [1.54, 1.807) is 23.9 Å². The van der Waals surface area contributed by atoms with Gasteiger partial charge in [0.2, 0.25) is 0 Å². The highest BCUT2D eigenvalue weighted by molar-refractivity contribution is 5.77. The Morgan fingerprint density at radius 1 is 1.37 bits per heavy atom. The molecule has 0 fully saturated rings. The average molecular weight is 261 g/mol. The first-order valence-electron chi connectivity index (χ1n) is 5.95. The zero-order chi connectivity index (χ0) is 13.7. The van der Waals surface area contributed by atoms with Crippen molar-refractivity contribution in [1.29, 1.82) is 0 Å². The van der Waals surface area contributed by atoms with Gasteiger partial charge in [-0.2, -0.15) is 5.10 Å². The topological polar surface area (TPSA) is 68.2 Å². The van der Waals surface area contributed by atoms with E-state index >= 15 is 0 Å². The molecular weight excluding hydrogens is 245 g/mol. The van der Waals surface area contributed by atoms with Gasteiger partial charge in [-0.05, 0) is 30.3 Å². The van der Waals surface area contributed by atoms with Gasteiger partial charge in [-0.1, -0.05) is 0 Å². The van der Waals surface area contributed by atoms with E-state index in [9.17, 15) is 4.39 Å². The quantitative estimate of drug-likeness (QED) is 0.639. The van der Waals surface area contributed by atoms with Crippen LogP contribution in [0.4, 0.5) is 4.39 Å². The summed E-state index contributed by atoms with van der Waals surface area (Å²) in [6.07, 6.45) is 2.59. The smallest absolute Gasteiger partial charge is 0.188 e. The van der Waals surface area contributed by atoms with E-state index in [1.807, 2.05) is 12.3 Å². The molecule has 0 unspecified atom stereocenters. The normalized spacial score (nSPS) is 11.6. The van der Waals surface area contributed by atoms with Gasteiger partial charge in [0.15, 0.2) is 5.96 Å². The summed E-state index contributed by atoms with van der Waals surface area (Å²) in [5.41, 5.74) is 7.29. The number of nitrogens with two attached hydrogens (primary N) is 1. The van der Waals surface area contributed by atoms with E-state index < -0.39 is 0 Å². The monoisotopic (exact) mass is 261 g/mol. The third-order valence-corrected chi connectivity index (χ3v) is 2.66. The van der Waals surface area contributed by atoms with Crippen LogP contribution >= 0.6 is 0 Å². The van der Waals surface area contributed by atoms with Crippen LogP contribution in [0.15, 0.2) is 41.5 Å². The van der Waals surface area contributed by atoms with Crippen LogP contribution in [0.25, 0.3) is 5.69 Å². The molecular formula is C13H16FN5. The van der Waals surface area contributed by atoms with Crippen LogP contribution in [0, 0.1) is 5.82 Å². The lowest BCUT2D eigenvalue weighted by atomic mass is 10.3. The minimum atomic E-state index is -0.255. The Morgan fingerprint density at radius 3 is 2.79 bits per heavy atom. The molecule has 2 aromatic rings. The molecule has 1 heterocycles. The molecule has 0 spiro atoms. The molecule has 0 saturated carbocycles. The van der Waals surface area contributed by atoms with Crippen molar-refractivity contribution < 1.29 is 4.39 Å². The van der Waals surface area contributed by atoms with E-state index in [-0.39, 0.29) is 5.82 Å². The second-order valence-electron chi connectivity index (χ2n) is 4.01. The molecule has 0 aliphatic rings. The Bertz CT molecular complexity index is 559. The number of hydrogen-bond acceptors (Lipinski definition) is 2. The number of guanidine groups is 1. The summed E-state index contributed by atoms with van der Waals surface area (Å²) < 4.78 is 14.5. The number of nitrogens with zero attached hydrogens (tertiary/aromatic N) is 3. The van der Waals surface area contributed by atoms with Crippen LogP contribution < -0.4 is 11.1 Å². The van der Waals surface area contributed by atoms with Gasteiger partial charge in [-0.3, -0.25) is 4.99 Å². The molecule has 6 heteroatoms. The van der Waals surface area contributed by atoms with Gasteiger partial charge < -0.3 is 11.1 Å².